The molecule has 104 valence electrons. The fraction of sp³-hybridized carbons (Fsp3) is 0.571. The standard InChI is InChI=1S/C14H18FNO3/c1-10-2-5-12(6-3-10)19-9-11-4-7-14(16(17)18)13(15)8-11/h4,7-8,10,12H,2-3,5-6,9H2,1H3. The van der Waals surface area contributed by atoms with Crippen LogP contribution in [0, 0.1) is 21.8 Å². The van der Waals surface area contributed by atoms with Gasteiger partial charge in [-0.15, -0.1) is 0 Å². The fourth-order valence-electron chi connectivity index (χ4n) is 2.40. The Morgan fingerprint density at radius 2 is 2.05 bits per heavy atom. The summed E-state index contributed by atoms with van der Waals surface area (Å²) in [5.41, 5.74) is 0.150. The zero-order valence-corrected chi connectivity index (χ0v) is 11.0. The van der Waals surface area contributed by atoms with Crippen LogP contribution in [-0.2, 0) is 11.3 Å². The van der Waals surface area contributed by atoms with Gasteiger partial charge in [0.05, 0.1) is 17.6 Å². The molecule has 19 heavy (non-hydrogen) atoms. The Bertz CT molecular complexity index is 456. The van der Waals surface area contributed by atoms with Crippen LogP contribution in [0.4, 0.5) is 10.1 Å². The Hall–Kier alpha value is -1.49. The Morgan fingerprint density at radius 1 is 1.37 bits per heavy atom. The molecule has 1 saturated carbocycles. The number of nitro benzene ring substituents is 1. The van der Waals surface area contributed by atoms with Crippen LogP contribution in [0.15, 0.2) is 18.2 Å². The molecule has 0 spiro atoms. The van der Waals surface area contributed by atoms with Gasteiger partial charge in [-0.05, 0) is 49.3 Å². The number of nitro groups is 1. The lowest BCUT2D eigenvalue weighted by Gasteiger charge is -2.26. The van der Waals surface area contributed by atoms with Crippen molar-refractivity contribution in [2.45, 2.75) is 45.3 Å². The molecule has 4 nitrogen and oxygen atoms in total. The van der Waals surface area contributed by atoms with Crippen LogP contribution < -0.4 is 0 Å². The highest BCUT2D eigenvalue weighted by Crippen LogP contribution is 2.26. The van der Waals surface area contributed by atoms with Gasteiger partial charge in [-0.1, -0.05) is 6.92 Å². The topological polar surface area (TPSA) is 52.4 Å². The molecule has 0 heterocycles. The summed E-state index contributed by atoms with van der Waals surface area (Å²) >= 11 is 0. The van der Waals surface area contributed by atoms with Gasteiger partial charge in [-0.3, -0.25) is 10.1 Å². The lowest BCUT2D eigenvalue weighted by molar-refractivity contribution is -0.387. The molecule has 0 aromatic heterocycles. The second-order valence-electron chi connectivity index (χ2n) is 5.24. The number of hydrogen-bond donors (Lipinski definition) is 0. The molecule has 0 bridgehead atoms. The molecule has 1 aromatic carbocycles. The minimum atomic E-state index is -0.802. The van der Waals surface area contributed by atoms with E-state index in [1.807, 2.05) is 0 Å². The van der Waals surface area contributed by atoms with Gasteiger partial charge in [0.1, 0.15) is 0 Å². The average Bonchev–Trinajstić information content (AvgIpc) is 2.37. The monoisotopic (exact) mass is 267 g/mol. The van der Waals surface area contributed by atoms with Crippen LogP contribution in [0.25, 0.3) is 0 Å². The molecule has 1 aliphatic carbocycles. The molecule has 0 amide bonds. The summed E-state index contributed by atoms with van der Waals surface area (Å²) in [4.78, 5) is 9.78. The number of rotatable bonds is 4. The largest absolute Gasteiger partial charge is 0.374 e. The van der Waals surface area contributed by atoms with E-state index in [4.69, 9.17) is 4.74 Å². The molecule has 1 aromatic rings. The lowest BCUT2D eigenvalue weighted by atomic mass is 9.89. The van der Waals surface area contributed by atoms with Crippen LogP contribution in [0.3, 0.4) is 0 Å². The number of halogens is 1. The summed E-state index contributed by atoms with van der Waals surface area (Å²) in [6.45, 7) is 2.55. The Balaban J connectivity index is 1.89. The van der Waals surface area contributed by atoms with Crippen molar-refractivity contribution in [1.29, 1.82) is 0 Å². The second-order valence-corrected chi connectivity index (χ2v) is 5.24. The van der Waals surface area contributed by atoms with Gasteiger partial charge in [0, 0.05) is 6.07 Å². The van der Waals surface area contributed by atoms with Crippen LogP contribution in [-0.4, -0.2) is 11.0 Å². The first kappa shape index (κ1) is 13.9. The summed E-state index contributed by atoms with van der Waals surface area (Å²) in [6, 6.07) is 3.92. The minimum Gasteiger partial charge on any atom is -0.374 e. The number of ether oxygens (including phenoxy) is 1. The molecular weight excluding hydrogens is 249 g/mol. The van der Waals surface area contributed by atoms with Crippen molar-refractivity contribution in [2.75, 3.05) is 0 Å². The molecule has 1 aliphatic rings. The number of nitrogens with zero attached hydrogens (tertiary/aromatic N) is 1. The third kappa shape index (κ3) is 3.73. The van der Waals surface area contributed by atoms with Crippen LogP contribution in [0.1, 0.15) is 38.2 Å². The van der Waals surface area contributed by atoms with E-state index in [1.54, 1.807) is 6.07 Å². The van der Waals surface area contributed by atoms with Gasteiger partial charge in [0.15, 0.2) is 0 Å². The first-order valence-electron chi connectivity index (χ1n) is 6.60. The van der Waals surface area contributed by atoms with Crippen molar-refractivity contribution < 1.29 is 14.1 Å². The van der Waals surface area contributed by atoms with E-state index in [-0.39, 0.29) is 6.10 Å². The molecule has 5 heteroatoms. The Kier molecular flexibility index (Phi) is 4.47. The SMILES string of the molecule is CC1CCC(OCc2ccc([N+](=O)[O-])c(F)c2)CC1. The predicted octanol–water partition coefficient (Wildman–Crippen LogP) is 3.83. The highest BCUT2D eigenvalue weighted by atomic mass is 19.1. The summed E-state index contributed by atoms with van der Waals surface area (Å²) < 4.78 is 19.2. The summed E-state index contributed by atoms with van der Waals surface area (Å²) in [6.07, 6.45) is 4.64. The van der Waals surface area contributed by atoms with Gasteiger partial charge >= 0.3 is 5.69 Å². The van der Waals surface area contributed by atoms with Crippen molar-refractivity contribution in [3.05, 3.63) is 39.7 Å². The van der Waals surface area contributed by atoms with E-state index in [1.165, 1.54) is 25.0 Å². The van der Waals surface area contributed by atoms with E-state index >= 15 is 0 Å². The van der Waals surface area contributed by atoms with Crippen LogP contribution >= 0.6 is 0 Å². The average molecular weight is 267 g/mol. The van der Waals surface area contributed by atoms with Gasteiger partial charge in [-0.25, -0.2) is 0 Å². The van der Waals surface area contributed by atoms with Gasteiger partial charge in [0.25, 0.3) is 0 Å². The quantitative estimate of drug-likeness (QED) is 0.615. The van der Waals surface area contributed by atoms with E-state index in [2.05, 4.69) is 6.92 Å². The molecule has 0 N–H and O–H groups in total. The predicted molar refractivity (Wildman–Crippen MR) is 69.3 cm³/mol. The van der Waals surface area contributed by atoms with E-state index in [9.17, 15) is 14.5 Å². The van der Waals surface area contributed by atoms with Crippen molar-refractivity contribution in [3.63, 3.8) is 0 Å². The van der Waals surface area contributed by atoms with E-state index < -0.39 is 16.4 Å². The highest BCUT2D eigenvalue weighted by molar-refractivity contribution is 5.34. The van der Waals surface area contributed by atoms with Crippen molar-refractivity contribution in [2.24, 2.45) is 5.92 Å². The maximum Gasteiger partial charge on any atom is 0.304 e. The Morgan fingerprint density at radius 3 is 2.63 bits per heavy atom. The molecule has 0 saturated heterocycles. The molecule has 2 rings (SSSR count). The van der Waals surface area contributed by atoms with Crippen molar-refractivity contribution in [1.82, 2.24) is 0 Å². The number of hydrogen-bond acceptors (Lipinski definition) is 3. The molecule has 0 atom stereocenters. The molecule has 0 aliphatic heterocycles. The lowest BCUT2D eigenvalue weighted by Crippen LogP contribution is -2.20. The van der Waals surface area contributed by atoms with Crippen molar-refractivity contribution in [3.8, 4) is 0 Å². The maximum absolute atomic E-state index is 13.4. The normalized spacial score (nSPS) is 23.3. The van der Waals surface area contributed by atoms with Crippen molar-refractivity contribution >= 4 is 5.69 Å². The van der Waals surface area contributed by atoms with Crippen LogP contribution in [0.2, 0.25) is 0 Å². The van der Waals surface area contributed by atoms with E-state index in [0.717, 1.165) is 18.8 Å². The van der Waals surface area contributed by atoms with Gasteiger partial charge in [-0.2, -0.15) is 4.39 Å². The fourth-order valence-corrected chi connectivity index (χ4v) is 2.40. The number of benzene rings is 1. The zero-order chi connectivity index (χ0) is 13.8. The highest BCUT2D eigenvalue weighted by Gasteiger charge is 2.19. The Labute approximate surface area is 111 Å². The maximum atomic E-state index is 13.4. The minimum absolute atomic E-state index is 0.231. The van der Waals surface area contributed by atoms with Gasteiger partial charge < -0.3 is 4.74 Å². The van der Waals surface area contributed by atoms with Gasteiger partial charge in [0.2, 0.25) is 5.82 Å². The molecular formula is C14H18FNO3. The first-order chi connectivity index (χ1) is 9.06. The van der Waals surface area contributed by atoms with Crippen LogP contribution in [0.5, 0.6) is 0 Å². The summed E-state index contributed by atoms with van der Waals surface area (Å²) in [5, 5.41) is 10.5. The third-order valence-corrected chi connectivity index (χ3v) is 3.66. The molecule has 0 radical (unpaired) electrons. The zero-order valence-electron chi connectivity index (χ0n) is 11.0. The summed E-state index contributed by atoms with van der Waals surface area (Å²) in [7, 11) is 0. The molecule has 1 fully saturated rings. The first-order valence-corrected chi connectivity index (χ1v) is 6.60. The smallest absolute Gasteiger partial charge is 0.304 e. The second kappa shape index (κ2) is 6.10. The third-order valence-electron chi connectivity index (χ3n) is 3.66. The van der Waals surface area contributed by atoms with E-state index in [0.29, 0.717) is 12.2 Å². The summed E-state index contributed by atoms with van der Waals surface area (Å²) in [5.74, 6) is -0.0416. The molecule has 0 unspecified atom stereocenters.